The van der Waals surface area contributed by atoms with Crippen molar-refractivity contribution in [1.82, 2.24) is 9.97 Å². The van der Waals surface area contributed by atoms with Crippen LogP contribution in [0.15, 0.2) is 48.7 Å². The molecule has 1 aromatic carbocycles. The Bertz CT molecular complexity index is 1060. The quantitative estimate of drug-likeness (QED) is 0.679. The van der Waals surface area contributed by atoms with Crippen LogP contribution in [-0.2, 0) is 17.6 Å². The van der Waals surface area contributed by atoms with Crippen LogP contribution in [0.1, 0.15) is 40.5 Å². The smallest absolute Gasteiger partial charge is 0.222 e. The van der Waals surface area contributed by atoms with Gasteiger partial charge in [-0.3, -0.25) is 14.0 Å². The molecule has 0 bridgehead atoms. The number of Topliss-reactive ketones (excluding diaryl/α,β-unsaturated/α-hetero) is 1. The number of rotatable bonds is 5. The molecule has 6 heteroatoms. The van der Waals surface area contributed by atoms with Gasteiger partial charge in [0.1, 0.15) is 5.82 Å². The first-order chi connectivity index (χ1) is 14.0. The molecule has 1 aliphatic rings. The van der Waals surface area contributed by atoms with Gasteiger partial charge in [0.2, 0.25) is 5.91 Å². The molecule has 148 valence electrons. The highest BCUT2D eigenvalue weighted by atomic mass is 19.1. The number of amides is 1. The van der Waals surface area contributed by atoms with Crippen molar-refractivity contribution < 1.29 is 14.0 Å². The van der Waals surface area contributed by atoms with Gasteiger partial charge in [-0.05, 0) is 35.6 Å². The number of anilines is 1. The summed E-state index contributed by atoms with van der Waals surface area (Å²) in [6.07, 6.45) is 2.96. The van der Waals surface area contributed by atoms with Crippen molar-refractivity contribution in [3.63, 3.8) is 0 Å². The van der Waals surface area contributed by atoms with E-state index in [1.807, 2.05) is 36.4 Å². The van der Waals surface area contributed by atoms with E-state index in [1.54, 1.807) is 12.3 Å². The number of hydrogen-bond acceptors (Lipinski definition) is 3. The molecule has 29 heavy (non-hydrogen) atoms. The predicted octanol–water partition coefficient (Wildman–Crippen LogP) is 4.34. The maximum atomic E-state index is 13.3. The number of carbonyl (C=O) groups excluding carboxylic acids is 2. The van der Waals surface area contributed by atoms with E-state index in [2.05, 4.69) is 15.3 Å². The molecule has 1 amide bonds. The van der Waals surface area contributed by atoms with Crippen molar-refractivity contribution in [2.24, 2.45) is 5.92 Å². The first kappa shape index (κ1) is 19.1. The third-order valence-electron chi connectivity index (χ3n) is 5.22. The molecule has 0 radical (unpaired) electrons. The molecular formula is C23H22FN3O2. The minimum Gasteiger partial charge on any atom is -0.358 e. The summed E-state index contributed by atoms with van der Waals surface area (Å²) < 4.78 is 13.3. The van der Waals surface area contributed by atoms with Gasteiger partial charge in [0.25, 0.3) is 0 Å². The van der Waals surface area contributed by atoms with Gasteiger partial charge in [-0.2, -0.15) is 0 Å². The molecule has 2 N–H and O–H groups in total. The largest absolute Gasteiger partial charge is 0.358 e. The van der Waals surface area contributed by atoms with Crippen LogP contribution in [-0.4, -0.2) is 28.3 Å². The zero-order chi connectivity index (χ0) is 20.4. The number of pyridine rings is 1. The molecule has 0 aliphatic heterocycles. The molecule has 0 saturated heterocycles. The van der Waals surface area contributed by atoms with Gasteiger partial charge in [-0.1, -0.05) is 30.3 Å². The second-order valence-corrected chi connectivity index (χ2v) is 7.46. The summed E-state index contributed by atoms with van der Waals surface area (Å²) in [6, 6.07) is 13.6. The zero-order valence-electron chi connectivity index (χ0n) is 16.2. The van der Waals surface area contributed by atoms with Gasteiger partial charge in [0.15, 0.2) is 5.78 Å². The maximum Gasteiger partial charge on any atom is 0.222 e. The Hall–Kier alpha value is -3.28. The normalized spacial score (nSPS) is 15.8. The van der Waals surface area contributed by atoms with Crippen molar-refractivity contribution in [3.05, 3.63) is 71.0 Å². The Balaban J connectivity index is 1.83. The fourth-order valence-electron chi connectivity index (χ4n) is 3.98. The Morgan fingerprint density at radius 3 is 2.76 bits per heavy atom. The lowest BCUT2D eigenvalue weighted by atomic mass is 9.84. The topological polar surface area (TPSA) is 74.8 Å². The highest BCUT2D eigenvalue weighted by Gasteiger charge is 2.31. The van der Waals surface area contributed by atoms with Crippen LogP contribution in [0, 0.1) is 5.92 Å². The SMILES string of the molecule is CC(=O)Nc1cc(-c2[nH]c3c(c2Cc2ccccc2)C(=O)CC(CF)C3)ccn1. The molecule has 2 aromatic heterocycles. The van der Waals surface area contributed by atoms with E-state index in [0.717, 1.165) is 28.1 Å². The standard InChI is InChI=1S/C23H22FN3O2/c1-14(28)26-21-12-17(7-8-25-21)23-18(9-15-5-3-2-4-6-15)22-19(27-23)10-16(13-24)11-20(22)29/h2-8,12,16,27H,9-11,13H2,1H3,(H,25,26,28). The number of hydrogen-bond donors (Lipinski definition) is 2. The lowest BCUT2D eigenvalue weighted by Gasteiger charge is -2.19. The average Bonchev–Trinajstić information content (AvgIpc) is 3.07. The van der Waals surface area contributed by atoms with Crippen LogP contribution in [0.25, 0.3) is 11.3 Å². The van der Waals surface area contributed by atoms with Gasteiger partial charge in [0, 0.05) is 42.8 Å². The Labute approximate surface area is 168 Å². The van der Waals surface area contributed by atoms with Gasteiger partial charge in [0.05, 0.1) is 12.4 Å². The van der Waals surface area contributed by atoms with Gasteiger partial charge in [-0.15, -0.1) is 0 Å². The van der Waals surface area contributed by atoms with Crippen molar-refractivity contribution >= 4 is 17.5 Å². The van der Waals surface area contributed by atoms with Crippen molar-refractivity contribution in [2.45, 2.75) is 26.2 Å². The number of H-pyrrole nitrogens is 1. The summed E-state index contributed by atoms with van der Waals surface area (Å²) in [5.41, 5.74) is 5.13. The summed E-state index contributed by atoms with van der Waals surface area (Å²) in [4.78, 5) is 31.8. The summed E-state index contributed by atoms with van der Waals surface area (Å²) in [5, 5.41) is 2.69. The number of nitrogens with zero attached hydrogens (tertiary/aromatic N) is 1. The van der Waals surface area contributed by atoms with Crippen LogP contribution in [0.4, 0.5) is 10.2 Å². The molecular weight excluding hydrogens is 369 g/mol. The third kappa shape index (κ3) is 3.97. The number of fused-ring (bicyclic) bond motifs is 1. The molecule has 2 heterocycles. The molecule has 1 aliphatic carbocycles. The van der Waals surface area contributed by atoms with E-state index in [9.17, 15) is 14.0 Å². The molecule has 1 atom stereocenters. The van der Waals surface area contributed by atoms with Crippen LogP contribution < -0.4 is 5.32 Å². The lowest BCUT2D eigenvalue weighted by Crippen LogP contribution is -2.21. The van der Waals surface area contributed by atoms with Crippen LogP contribution >= 0.6 is 0 Å². The molecule has 3 aromatic rings. The van der Waals surface area contributed by atoms with E-state index >= 15 is 0 Å². The minimum atomic E-state index is -0.504. The molecule has 0 fully saturated rings. The van der Waals surface area contributed by atoms with Crippen LogP contribution in [0.5, 0.6) is 0 Å². The predicted molar refractivity (Wildman–Crippen MR) is 110 cm³/mol. The summed E-state index contributed by atoms with van der Waals surface area (Å²) in [5.74, 6) is -0.0518. The number of carbonyl (C=O) groups is 2. The van der Waals surface area contributed by atoms with E-state index in [-0.39, 0.29) is 24.0 Å². The van der Waals surface area contributed by atoms with E-state index in [4.69, 9.17) is 0 Å². The Morgan fingerprint density at radius 1 is 1.24 bits per heavy atom. The highest BCUT2D eigenvalue weighted by molar-refractivity contribution is 6.02. The second-order valence-electron chi connectivity index (χ2n) is 7.46. The van der Waals surface area contributed by atoms with Gasteiger partial charge in [-0.25, -0.2) is 4.98 Å². The molecule has 4 rings (SSSR count). The average molecular weight is 391 g/mol. The number of aromatic nitrogens is 2. The van der Waals surface area contributed by atoms with Crippen molar-refractivity contribution in [2.75, 3.05) is 12.0 Å². The lowest BCUT2D eigenvalue weighted by molar-refractivity contribution is -0.114. The van der Waals surface area contributed by atoms with E-state index < -0.39 is 6.67 Å². The van der Waals surface area contributed by atoms with Gasteiger partial charge < -0.3 is 10.3 Å². The van der Waals surface area contributed by atoms with E-state index in [0.29, 0.717) is 24.2 Å². The number of alkyl halides is 1. The van der Waals surface area contributed by atoms with Crippen LogP contribution in [0.2, 0.25) is 0 Å². The van der Waals surface area contributed by atoms with Gasteiger partial charge >= 0.3 is 0 Å². The minimum absolute atomic E-state index is 0.0153. The molecule has 0 saturated carbocycles. The first-order valence-electron chi connectivity index (χ1n) is 9.66. The Morgan fingerprint density at radius 2 is 2.03 bits per heavy atom. The first-order valence-corrected chi connectivity index (χ1v) is 9.66. The maximum absolute atomic E-state index is 13.3. The number of ketones is 1. The molecule has 1 unspecified atom stereocenters. The van der Waals surface area contributed by atoms with Crippen LogP contribution in [0.3, 0.4) is 0 Å². The fraction of sp³-hybridized carbons (Fsp3) is 0.261. The third-order valence-corrected chi connectivity index (χ3v) is 5.22. The van der Waals surface area contributed by atoms with E-state index in [1.165, 1.54) is 6.92 Å². The molecule has 5 nitrogen and oxygen atoms in total. The number of nitrogens with one attached hydrogen (secondary N) is 2. The fourth-order valence-corrected chi connectivity index (χ4v) is 3.98. The number of halogens is 1. The zero-order valence-corrected chi connectivity index (χ0v) is 16.2. The van der Waals surface area contributed by atoms with Crippen molar-refractivity contribution in [1.29, 1.82) is 0 Å². The highest BCUT2D eigenvalue weighted by Crippen LogP contribution is 2.36. The number of benzene rings is 1. The number of aromatic amines is 1. The summed E-state index contributed by atoms with van der Waals surface area (Å²) in [6.45, 7) is 0.924. The second kappa shape index (κ2) is 7.99. The molecule has 0 spiro atoms. The monoisotopic (exact) mass is 391 g/mol. The summed E-state index contributed by atoms with van der Waals surface area (Å²) in [7, 11) is 0. The Kier molecular flexibility index (Phi) is 5.25. The summed E-state index contributed by atoms with van der Waals surface area (Å²) >= 11 is 0. The van der Waals surface area contributed by atoms with Crippen molar-refractivity contribution in [3.8, 4) is 11.3 Å².